The van der Waals surface area contributed by atoms with Gasteiger partial charge < -0.3 is 19.9 Å². The van der Waals surface area contributed by atoms with Gasteiger partial charge in [0.05, 0.1) is 19.3 Å². The van der Waals surface area contributed by atoms with Crippen LogP contribution >= 0.6 is 0 Å². The van der Waals surface area contributed by atoms with Crippen LogP contribution in [0.3, 0.4) is 0 Å². The van der Waals surface area contributed by atoms with Crippen molar-refractivity contribution in [2.45, 2.75) is 13.0 Å². The summed E-state index contributed by atoms with van der Waals surface area (Å²) in [4.78, 5) is 2.24. The van der Waals surface area contributed by atoms with Crippen LogP contribution in [0, 0.1) is 5.92 Å². The van der Waals surface area contributed by atoms with E-state index in [1.54, 1.807) is 7.11 Å². The highest BCUT2D eigenvalue weighted by molar-refractivity contribution is 4.69. The largest absolute Gasteiger partial charge is 0.390 e. The third kappa shape index (κ3) is 6.95. The predicted octanol–water partition coefficient (Wildman–Crippen LogP) is -0.448. The molecule has 17 heavy (non-hydrogen) atoms. The molecule has 5 nitrogen and oxygen atoms in total. The first-order valence-corrected chi connectivity index (χ1v) is 6.40. The second kappa shape index (κ2) is 8.83. The van der Waals surface area contributed by atoms with Crippen LogP contribution in [0.5, 0.6) is 0 Å². The van der Waals surface area contributed by atoms with Gasteiger partial charge in [0, 0.05) is 39.9 Å². The topological polar surface area (TPSA) is 54.0 Å². The van der Waals surface area contributed by atoms with Gasteiger partial charge in [0.25, 0.3) is 0 Å². The van der Waals surface area contributed by atoms with E-state index in [2.05, 4.69) is 17.1 Å². The number of morpholine rings is 1. The Morgan fingerprint density at radius 2 is 2.06 bits per heavy atom. The van der Waals surface area contributed by atoms with Gasteiger partial charge in [-0.2, -0.15) is 0 Å². The van der Waals surface area contributed by atoms with Gasteiger partial charge in [-0.05, 0) is 12.5 Å². The lowest BCUT2D eigenvalue weighted by molar-refractivity contribution is 0.0147. The molecule has 0 radical (unpaired) electrons. The number of β-amino-alcohol motifs (C(OH)–C–C–N with tert-alkyl or cyclic N) is 1. The summed E-state index contributed by atoms with van der Waals surface area (Å²) in [5.74, 6) is 0.482. The monoisotopic (exact) mass is 246 g/mol. The Balaban J connectivity index is 2.02. The molecular weight excluding hydrogens is 220 g/mol. The van der Waals surface area contributed by atoms with Crippen molar-refractivity contribution in [2.24, 2.45) is 5.92 Å². The molecule has 1 aliphatic heterocycles. The van der Waals surface area contributed by atoms with Crippen LogP contribution in [0.15, 0.2) is 0 Å². The maximum absolute atomic E-state index is 9.87. The number of hydrogen-bond acceptors (Lipinski definition) is 5. The van der Waals surface area contributed by atoms with Gasteiger partial charge in [-0.1, -0.05) is 6.92 Å². The first-order valence-electron chi connectivity index (χ1n) is 6.40. The van der Waals surface area contributed by atoms with E-state index >= 15 is 0 Å². The first-order chi connectivity index (χ1) is 8.22. The number of methoxy groups -OCH3 is 1. The molecule has 0 amide bonds. The average Bonchev–Trinajstić information content (AvgIpc) is 2.30. The van der Waals surface area contributed by atoms with Gasteiger partial charge in [-0.25, -0.2) is 0 Å². The smallest absolute Gasteiger partial charge is 0.0791 e. The Labute approximate surface area is 104 Å². The SMILES string of the molecule is COCC(C)CNCC(O)CN1CCOCC1. The molecule has 1 rings (SSSR count). The quantitative estimate of drug-likeness (QED) is 0.608. The van der Waals surface area contributed by atoms with Crippen LogP contribution in [0.2, 0.25) is 0 Å². The number of aliphatic hydroxyl groups excluding tert-OH is 1. The Bertz CT molecular complexity index is 187. The molecule has 2 atom stereocenters. The number of aliphatic hydroxyl groups is 1. The summed E-state index contributed by atoms with van der Waals surface area (Å²) < 4.78 is 10.3. The highest BCUT2D eigenvalue weighted by Gasteiger charge is 2.14. The number of rotatable bonds is 8. The molecule has 0 bridgehead atoms. The molecule has 2 unspecified atom stereocenters. The summed E-state index contributed by atoms with van der Waals surface area (Å²) in [5.41, 5.74) is 0. The van der Waals surface area contributed by atoms with Crippen molar-refractivity contribution in [3.8, 4) is 0 Å². The fraction of sp³-hybridized carbons (Fsp3) is 1.00. The second-order valence-electron chi connectivity index (χ2n) is 4.79. The van der Waals surface area contributed by atoms with Crippen molar-refractivity contribution < 1.29 is 14.6 Å². The van der Waals surface area contributed by atoms with Crippen molar-refractivity contribution in [2.75, 3.05) is 59.7 Å². The maximum atomic E-state index is 9.87. The number of hydrogen-bond donors (Lipinski definition) is 2. The lowest BCUT2D eigenvalue weighted by atomic mass is 10.2. The van der Waals surface area contributed by atoms with E-state index in [4.69, 9.17) is 9.47 Å². The standard InChI is InChI=1S/C12H26N2O3/c1-11(10-16-2)7-13-8-12(15)9-14-3-5-17-6-4-14/h11-13,15H,3-10H2,1-2H3. The Morgan fingerprint density at radius 3 is 2.71 bits per heavy atom. The Hall–Kier alpha value is -0.200. The molecule has 2 N–H and O–H groups in total. The summed E-state index contributed by atoms with van der Waals surface area (Å²) in [6.45, 7) is 8.57. The van der Waals surface area contributed by atoms with E-state index in [1.165, 1.54) is 0 Å². The number of ether oxygens (including phenoxy) is 2. The van der Waals surface area contributed by atoms with Crippen LogP contribution < -0.4 is 5.32 Å². The third-order valence-electron chi connectivity index (χ3n) is 2.90. The molecule has 0 aromatic carbocycles. The summed E-state index contributed by atoms with van der Waals surface area (Å²) in [6, 6.07) is 0. The zero-order valence-corrected chi connectivity index (χ0v) is 11.0. The third-order valence-corrected chi connectivity index (χ3v) is 2.90. The summed E-state index contributed by atoms with van der Waals surface area (Å²) >= 11 is 0. The molecule has 102 valence electrons. The Morgan fingerprint density at radius 1 is 1.35 bits per heavy atom. The highest BCUT2D eigenvalue weighted by Crippen LogP contribution is 1.98. The van der Waals surface area contributed by atoms with Crippen LogP contribution in [0.1, 0.15) is 6.92 Å². The van der Waals surface area contributed by atoms with E-state index in [1.807, 2.05) is 0 Å². The molecule has 1 aliphatic rings. The van der Waals surface area contributed by atoms with Gasteiger partial charge in [0.2, 0.25) is 0 Å². The molecule has 0 saturated carbocycles. The molecule has 5 heteroatoms. The van der Waals surface area contributed by atoms with Gasteiger partial charge in [0.15, 0.2) is 0 Å². The first kappa shape index (κ1) is 14.9. The highest BCUT2D eigenvalue weighted by atomic mass is 16.5. The lowest BCUT2D eigenvalue weighted by Gasteiger charge is -2.28. The molecule has 1 saturated heterocycles. The maximum Gasteiger partial charge on any atom is 0.0791 e. The minimum Gasteiger partial charge on any atom is -0.390 e. The zero-order valence-electron chi connectivity index (χ0n) is 11.0. The second-order valence-corrected chi connectivity index (χ2v) is 4.79. The minimum absolute atomic E-state index is 0.303. The van der Waals surface area contributed by atoms with Crippen molar-refractivity contribution >= 4 is 0 Å². The van der Waals surface area contributed by atoms with Crippen molar-refractivity contribution in [1.29, 1.82) is 0 Å². The fourth-order valence-corrected chi connectivity index (χ4v) is 1.99. The van der Waals surface area contributed by atoms with E-state index in [9.17, 15) is 5.11 Å². The molecule has 0 aromatic heterocycles. The molecule has 1 fully saturated rings. The van der Waals surface area contributed by atoms with Crippen molar-refractivity contribution in [1.82, 2.24) is 10.2 Å². The van der Waals surface area contributed by atoms with Gasteiger partial charge >= 0.3 is 0 Å². The van der Waals surface area contributed by atoms with Crippen LogP contribution in [0.4, 0.5) is 0 Å². The fourth-order valence-electron chi connectivity index (χ4n) is 1.99. The van der Waals surface area contributed by atoms with E-state index < -0.39 is 0 Å². The van der Waals surface area contributed by atoms with Crippen LogP contribution in [0.25, 0.3) is 0 Å². The number of nitrogens with zero attached hydrogens (tertiary/aromatic N) is 1. The average molecular weight is 246 g/mol. The predicted molar refractivity (Wildman–Crippen MR) is 67.2 cm³/mol. The van der Waals surface area contributed by atoms with Gasteiger partial charge in [-0.3, -0.25) is 4.90 Å². The molecule has 0 aromatic rings. The minimum atomic E-state index is -0.303. The van der Waals surface area contributed by atoms with E-state index in [0.29, 0.717) is 12.5 Å². The Kier molecular flexibility index (Phi) is 7.72. The lowest BCUT2D eigenvalue weighted by Crippen LogP contribution is -2.44. The van der Waals surface area contributed by atoms with Crippen molar-refractivity contribution in [3.63, 3.8) is 0 Å². The van der Waals surface area contributed by atoms with Gasteiger partial charge in [0.1, 0.15) is 0 Å². The molecule has 1 heterocycles. The van der Waals surface area contributed by atoms with Crippen LogP contribution in [-0.4, -0.2) is 75.8 Å². The zero-order chi connectivity index (χ0) is 12.5. The van der Waals surface area contributed by atoms with E-state index in [-0.39, 0.29) is 6.10 Å². The molecule has 0 aliphatic carbocycles. The summed E-state index contributed by atoms with van der Waals surface area (Å²) in [5, 5.41) is 13.1. The van der Waals surface area contributed by atoms with Crippen molar-refractivity contribution in [3.05, 3.63) is 0 Å². The van der Waals surface area contributed by atoms with Gasteiger partial charge in [-0.15, -0.1) is 0 Å². The molecule has 0 spiro atoms. The summed E-state index contributed by atoms with van der Waals surface area (Å²) in [7, 11) is 1.71. The van der Waals surface area contributed by atoms with Crippen LogP contribution in [-0.2, 0) is 9.47 Å². The normalized spacial score (nSPS) is 21.4. The molecular formula is C12H26N2O3. The summed E-state index contributed by atoms with van der Waals surface area (Å²) in [6.07, 6.45) is -0.303. The van der Waals surface area contributed by atoms with E-state index in [0.717, 1.165) is 46.0 Å². The number of nitrogens with one attached hydrogen (secondary N) is 1.